The highest BCUT2D eigenvalue weighted by Gasteiger charge is 2.12. The normalized spacial score (nSPS) is 11.1. The number of carbonyl (C=O) groups is 1. The Morgan fingerprint density at radius 3 is 2.56 bits per heavy atom. The average Bonchev–Trinajstić information content (AvgIpc) is 3.28. The van der Waals surface area contributed by atoms with Crippen LogP contribution in [0.3, 0.4) is 0 Å². The number of ether oxygens (including phenoxy) is 1. The van der Waals surface area contributed by atoms with Crippen molar-refractivity contribution in [3.63, 3.8) is 0 Å². The first-order chi connectivity index (χ1) is 16.6. The standard InChI is InChI=1S/C27H28FN3O2S/c1-2-3-4-5-6-15-33-24-13-9-20(10-14-24)16-22(18-29)26(32)31-27-30-19-25(34-27)17-21-7-11-23(28)12-8-21/h7-14,16,19H,2-6,15,17H2,1H3,(H,30,31,32). The predicted molar refractivity (Wildman–Crippen MR) is 134 cm³/mol. The summed E-state index contributed by atoms with van der Waals surface area (Å²) in [6.07, 6.45) is 9.71. The fraction of sp³-hybridized carbons (Fsp3) is 0.296. The summed E-state index contributed by atoms with van der Waals surface area (Å²) in [5.74, 6) is -0.0264. The van der Waals surface area contributed by atoms with Crippen LogP contribution in [0.25, 0.3) is 6.08 Å². The first kappa shape index (κ1) is 25.1. The Morgan fingerprint density at radius 2 is 1.85 bits per heavy atom. The first-order valence-corrected chi connectivity index (χ1v) is 12.2. The Morgan fingerprint density at radius 1 is 1.12 bits per heavy atom. The molecule has 2 aromatic carbocycles. The number of nitrogens with zero attached hydrogens (tertiary/aromatic N) is 2. The topological polar surface area (TPSA) is 75.0 Å². The van der Waals surface area contributed by atoms with Crippen LogP contribution in [0, 0.1) is 17.1 Å². The van der Waals surface area contributed by atoms with Crippen molar-refractivity contribution in [2.75, 3.05) is 11.9 Å². The van der Waals surface area contributed by atoms with Crippen molar-refractivity contribution in [2.45, 2.75) is 45.4 Å². The van der Waals surface area contributed by atoms with Crippen LogP contribution >= 0.6 is 11.3 Å². The van der Waals surface area contributed by atoms with Crippen LogP contribution in [0.1, 0.15) is 55.0 Å². The molecular weight excluding hydrogens is 449 g/mol. The lowest BCUT2D eigenvalue weighted by Gasteiger charge is -2.06. The number of amides is 1. The van der Waals surface area contributed by atoms with Crippen LogP contribution in [0.15, 0.2) is 60.3 Å². The van der Waals surface area contributed by atoms with Crippen LogP contribution in [-0.2, 0) is 11.2 Å². The van der Waals surface area contributed by atoms with Crippen molar-refractivity contribution >= 4 is 28.5 Å². The maximum Gasteiger partial charge on any atom is 0.268 e. The largest absolute Gasteiger partial charge is 0.494 e. The Hall–Kier alpha value is -3.50. The van der Waals surface area contributed by atoms with Crippen LogP contribution in [-0.4, -0.2) is 17.5 Å². The SMILES string of the molecule is CCCCCCCOc1ccc(C=C(C#N)C(=O)Nc2ncc(Cc3ccc(F)cc3)s2)cc1. The van der Waals surface area contributed by atoms with Gasteiger partial charge in [0, 0.05) is 17.5 Å². The molecule has 1 aromatic heterocycles. The maximum absolute atomic E-state index is 13.1. The Bertz CT molecular complexity index is 1130. The highest BCUT2D eigenvalue weighted by atomic mass is 32.1. The van der Waals surface area contributed by atoms with Crippen LogP contribution in [0.4, 0.5) is 9.52 Å². The van der Waals surface area contributed by atoms with E-state index in [1.54, 1.807) is 18.3 Å². The molecule has 7 heteroatoms. The summed E-state index contributed by atoms with van der Waals surface area (Å²) < 4.78 is 18.8. The number of anilines is 1. The number of hydrogen-bond acceptors (Lipinski definition) is 5. The second-order valence-corrected chi connectivity index (χ2v) is 9.01. The summed E-state index contributed by atoms with van der Waals surface area (Å²) in [6.45, 7) is 2.88. The van der Waals surface area contributed by atoms with Gasteiger partial charge in [0.15, 0.2) is 5.13 Å². The number of unbranched alkanes of at least 4 members (excludes halogenated alkanes) is 4. The molecule has 3 aromatic rings. The third kappa shape index (κ3) is 8.13. The molecule has 0 saturated heterocycles. The number of halogens is 1. The lowest BCUT2D eigenvalue weighted by molar-refractivity contribution is -0.112. The van der Waals surface area contributed by atoms with Gasteiger partial charge in [0.1, 0.15) is 23.2 Å². The van der Waals surface area contributed by atoms with Gasteiger partial charge in [-0.1, -0.05) is 56.9 Å². The minimum Gasteiger partial charge on any atom is -0.494 e. The third-order valence-electron chi connectivity index (χ3n) is 5.14. The van der Waals surface area contributed by atoms with Crippen molar-refractivity contribution in [2.24, 2.45) is 0 Å². The average molecular weight is 478 g/mol. The molecule has 0 atom stereocenters. The monoisotopic (exact) mass is 477 g/mol. The third-order valence-corrected chi connectivity index (χ3v) is 6.05. The van der Waals surface area contributed by atoms with E-state index in [9.17, 15) is 14.4 Å². The molecule has 0 unspecified atom stereocenters. The Labute approximate surface area is 203 Å². The zero-order valence-electron chi connectivity index (χ0n) is 19.2. The number of hydrogen-bond donors (Lipinski definition) is 1. The predicted octanol–water partition coefficient (Wildman–Crippen LogP) is 6.77. The molecule has 5 nitrogen and oxygen atoms in total. The number of nitrogens with one attached hydrogen (secondary N) is 1. The summed E-state index contributed by atoms with van der Waals surface area (Å²) in [5.41, 5.74) is 1.67. The van der Waals surface area contributed by atoms with E-state index in [-0.39, 0.29) is 11.4 Å². The van der Waals surface area contributed by atoms with E-state index in [0.717, 1.165) is 28.2 Å². The molecule has 34 heavy (non-hydrogen) atoms. The van der Waals surface area contributed by atoms with Gasteiger partial charge >= 0.3 is 0 Å². The zero-order chi connectivity index (χ0) is 24.2. The molecule has 176 valence electrons. The second-order valence-electron chi connectivity index (χ2n) is 7.89. The quantitative estimate of drug-likeness (QED) is 0.177. The molecule has 0 aliphatic heterocycles. The molecule has 0 fully saturated rings. The highest BCUT2D eigenvalue weighted by molar-refractivity contribution is 7.15. The van der Waals surface area contributed by atoms with E-state index in [4.69, 9.17) is 4.74 Å². The number of aromatic nitrogens is 1. The molecule has 0 spiro atoms. The van der Waals surface area contributed by atoms with Gasteiger partial charge < -0.3 is 4.74 Å². The van der Waals surface area contributed by atoms with Gasteiger partial charge in [0.05, 0.1) is 6.61 Å². The molecule has 0 radical (unpaired) electrons. The van der Waals surface area contributed by atoms with Crippen LogP contribution < -0.4 is 10.1 Å². The van der Waals surface area contributed by atoms with Crippen molar-refractivity contribution in [3.8, 4) is 11.8 Å². The minimum atomic E-state index is -0.516. The zero-order valence-corrected chi connectivity index (χ0v) is 20.0. The summed E-state index contributed by atoms with van der Waals surface area (Å²) in [7, 11) is 0. The van der Waals surface area contributed by atoms with Gasteiger partial charge in [-0.3, -0.25) is 10.1 Å². The lowest BCUT2D eigenvalue weighted by Crippen LogP contribution is -2.13. The van der Waals surface area contributed by atoms with Gasteiger partial charge in [-0.15, -0.1) is 11.3 Å². The molecule has 1 N–H and O–H groups in total. The number of nitriles is 1. The van der Waals surface area contributed by atoms with Crippen molar-refractivity contribution in [1.29, 1.82) is 5.26 Å². The molecule has 0 aliphatic carbocycles. The number of rotatable bonds is 12. The van der Waals surface area contributed by atoms with Gasteiger partial charge in [0.2, 0.25) is 0 Å². The van der Waals surface area contributed by atoms with E-state index in [1.807, 2.05) is 30.3 Å². The van der Waals surface area contributed by atoms with Crippen LogP contribution in [0.2, 0.25) is 0 Å². The molecule has 0 saturated carbocycles. The molecule has 0 aliphatic rings. The molecule has 3 rings (SSSR count). The lowest BCUT2D eigenvalue weighted by atomic mass is 10.1. The Balaban J connectivity index is 1.53. The highest BCUT2D eigenvalue weighted by Crippen LogP contribution is 2.22. The van der Waals surface area contributed by atoms with Crippen LogP contribution in [0.5, 0.6) is 5.75 Å². The van der Waals surface area contributed by atoms with Gasteiger partial charge in [-0.05, 0) is 47.9 Å². The fourth-order valence-electron chi connectivity index (χ4n) is 3.29. The van der Waals surface area contributed by atoms with E-state index in [0.29, 0.717) is 18.2 Å². The molecule has 1 amide bonds. The summed E-state index contributed by atoms with van der Waals surface area (Å²) >= 11 is 1.32. The van der Waals surface area contributed by atoms with Crippen molar-refractivity contribution in [3.05, 3.63) is 82.1 Å². The van der Waals surface area contributed by atoms with Crippen molar-refractivity contribution < 1.29 is 13.9 Å². The molecule has 0 bridgehead atoms. The van der Waals surface area contributed by atoms with Gasteiger partial charge in [-0.2, -0.15) is 5.26 Å². The van der Waals surface area contributed by atoms with E-state index < -0.39 is 5.91 Å². The summed E-state index contributed by atoms with van der Waals surface area (Å²) in [4.78, 5) is 17.7. The summed E-state index contributed by atoms with van der Waals surface area (Å²) in [5, 5.41) is 12.6. The molecular formula is C27H28FN3O2S. The molecule has 1 heterocycles. The number of thiazole rings is 1. The van der Waals surface area contributed by atoms with Gasteiger partial charge in [0.25, 0.3) is 5.91 Å². The number of carbonyl (C=O) groups excluding carboxylic acids is 1. The smallest absolute Gasteiger partial charge is 0.268 e. The van der Waals surface area contributed by atoms with E-state index in [1.165, 1.54) is 55.2 Å². The van der Waals surface area contributed by atoms with Crippen molar-refractivity contribution in [1.82, 2.24) is 4.98 Å². The first-order valence-electron chi connectivity index (χ1n) is 11.4. The number of benzene rings is 2. The maximum atomic E-state index is 13.1. The second kappa shape index (κ2) is 13.3. The fourth-order valence-corrected chi connectivity index (χ4v) is 4.13. The minimum absolute atomic E-state index is 0.0140. The van der Waals surface area contributed by atoms with E-state index in [2.05, 4.69) is 17.2 Å². The summed E-state index contributed by atoms with van der Waals surface area (Å²) in [6, 6.07) is 15.5. The van der Waals surface area contributed by atoms with Gasteiger partial charge in [-0.25, -0.2) is 9.37 Å². The van der Waals surface area contributed by atoms with E-state index >= 15 is 0 Å². The Kier molecular flexibility index (Phi) is 9.80.